The fourth-order valence-electron chi connectivity index (χ4n) is 3.37. The number of carboxylic acids is 1. The van der Waals surface area contributed by atoms with Crippen LogP contribution in [-0.4, -0.2) is 29.1 Å². The van der Waals surface area contributed by atoms with E-state index in [1.165, 1.54) is 12.1 Å². The molecular formula is C21H19FN2O2S. The van der Waals surface area contributed by atoms with Crippen molar-refractivity contribution in [3.63, 3.8) is 0 Å². The Morgan fingerprint density at radius 1 is 1.07 bits per heavy atom. The zero-order valence-electron chi connectivity index (χ0n) is 14.6. The molecule has 138 valence electrons. The van der Waals surface area contributed by atoms with Crippen molar-refractivity contribution >= 4 is 22.4 Å². The molecule has 6 heteroatoms. The number of hydrogen-bond donors (Lipinski definition) is 1. The zero-order chi connectivity index (χ0) is 18.8. The molecule has 2 heterocycles. The average Bonchev–Trinajstić information content (AvgIpc) is 3.19. The predicted octanol–water partition coefficient (Wildman–Crippen LogP) is 4.92. The summed E-state index contributed by atoms with van der Waals surface area (Å²) in [6.45, 7) is 1.37. The molecule has 27 heavy (non-hydrogen) atoms. The lowest BCUT2D eigenvalue weighted by molar-refractivity contribution is -0.141. The SMILES string of the molecule is O=C(O)C1CCCN(c2nc(-c3ccc(-c4ccc(F)cc4)cc3)cs2)C1. The van der Waals surface area contributed by atoms with E-state index in [0.29, 0.717) is 6.54 Å². The molecule has 1 aromatic heterocycles. The molecule has 2 aromatic carbocycles. The van der Waals surface area contributed by atoms with Gasteiger partial charge in [0.25, 0.3) is 0 Å². The molecule has 4 nitrogen and oxygen atoms in total. The highest BCUT2D eigenvalue weighted by atomic mass is 32.1. The molecule has 0 aliphatic carbocycles. The van der Waals surface area contributed by atoms with Crippen LogP contribution in [0.25, 0.3) is 22.4 Å². The third-order valence-corrected chi connectivity index (χ3v) is 5.79. The van der Waals surface area contributed by atoms with E-state index in [1.54, 1.807) is 23.5 Å². The summed E-state index contributed by atoms with van der Waals surface area (Å²) in [6.07, 6.45) is 1.60. The van der Waals surface area contributed by atoms with Crippen molar-refractivity contribution in [2.45, 2.75) is 12.8 Å². The largest absolute Gasteiger partial charge is 0.481 e. The van der Waals surface area contributed by atoms with Gasteiger partial charge in [0, 0.05) is 24.0 Å². The van der Waals surface area contributed by atoms with E-state index >= 15 is 0 Å². The monoisotopic (exact) mass is 382 g/mol. The summed E-state index contributed by atoms with van der Waals surface area (Å²) >= 11 is 1.55. The Kier molecular flexibility index (Phi) is 4.90. The number of rotatable bonds is 4. The van der Waals surface area contributed by atoms with Crippen molar-refractivity contribution in [3.8, 4) is 22.4 Å². The van der Waals surface area contributed by atoms with Crippen molar-refractivity contribution < 1.29 is 14.3 Å². The van der Waals surface area contributed by atoms with Crippen molar-refractivity contribution in [2.75, 3.05) is 18.0 Å². The minimum atomic E-state index is -0.729. The van der Waals surface area contributed by atoms with E-state index < -0.39 is 5.97 Å². The average molecular weight is 382 g/mol. The summed E-state index contributed by atoms with van der Waals surface area (Å²) in [5.74, 6) is -1.29. The van der Waals surface area contributed by atoms with Crippen molar-refractivity contribution in [1.29, 1.82) is 0 Å². The molecule has 0 radical (unpaired) electrons. The van der Waals surface area contributed by atoms with Crippen LogP contribution in [0.4, 0.5) is 9.52 Å². The van der Waals surface area contributed by atoms with Gasteiger partial charge in [-0.2, -0.15) is 0 Å². The number of carboxylic acid groups (broad SMARTS) is 1. The topological polar surface area (TPSA) is 53.4 Å². The lowest BCUT2D eigenvalue weighted by atomic mass is 9.99. The van der Waals surface area contributed by atoms with Crippen LogP contribution in [0.2, 0.25) is 0 Å². The Morgan fingerprint density at radius 3 is 2.37 bits per heavy atom. The van der Waals surface area contributed by atoms with Gasteiger partial charge >= 0.3 is 5.97 Å². The number of aliphatic carboxylic acids is 1. The summed E-state index contributed by atoms with van der Waals surface area (Å²) in [5.41, 5.74) is 3.89. The molecule has 1 N–H and O–H groups in total. The number of anilines is 1. The molecule has 1 aliphatic rings. The first-order chi connectivity index (χ1) is 13.1. The predicted molar refractivity (Wildman–Crippen MR) is 106 cm³/mol. The first kappa shape index (κ1) is 17.7. The number of nitrogens with zero attached hydrogens (tertiary/aromatic N) is 2. The van der Waals surface area contributed by atoms with Gasteiger partial charge in [0.15, 0.2) is 5.13 Å². The van der Waals surface area contributed by atoms with Crippen LogP contribution in [0, 0.1) is 11.7 Å². The second-order valence-corrected chi connectivity index (χ2v) is 7.56. The van der Waals surface area contributed by atoms with E-state index in [-0.39, 0.29) is 11.7 Å². The van der Waals surface area contributed by atoms with E-state index in [1.807, 2.05) is 29.6 Å². The van der Waals surface area contributed by atoms with Gasteiger partial charge in [-0.15, -0.1) is 11.3 Å². The molecule has 0 bridgehead atoms. The molecule has 1 unspecified atom stereocenters. The van der Waals surface area contributed by atoms with E-state index in [9.17, 15) is 14.3 Å². The molecule has 4 rings (SSSR count). The van der Waals surface area contributed by atoms with Crippen molar-refractivity contribution in [2.24, 2.45) is 5.92 Å². The van der Waals surface area contributed by atoms with Gasteiger partial charge in [0.05, 0.1) is 11.6 Å². The van der Waals surface area contributed by atoms with Gasteiger partial charge in [-0.25, -0.2) is 9.37 Å². The van der Waals surface area contributed by atoms with E-state index in [4.69, 9.17) is 4.98 Å². The summed E-state index contributed by atoms with van der Waals surface area (Å²) < 4.78 is 13.1. The maximum Gasteiger partial charge on any atom is 0.308 e. The van der Waals surface area contributed by atoms with Gasteiger partial charge in [-0.1, -0.05) is 36.4 Å². The third kappa shape index (κ3) is 3.85. The van der Waals surface area contributed by atoms with Gasteiger partial charge in [0.1, 0.15) is 5.82 Å². The lowest BCUT2D eigenvalue weighted by Gasteiger charge is -2.30. The Morgan fingerprint density at radius 2 is 1.70 bits per heavy atom. The molecule has 3 aromatic rings. The fourth-order valence-corrected chi connectivity index (χ4v) is 4.24. The van der Waals surface area contributed by atoms with Gasteiger partial charge < -0.3 is 10.0 Å². The number of halogens is 1. The number of aromatic nitrogens is 1. The molecule has 0 saturated carbocycles. The van der Waals surface area contributed by atoms with E-state index in [2.05, 4.69) is 4.90 Å². The van der Waals surface area contributed by atoms with Crippen LogP contribution in [-0.2, 0) is 4.79 Å². The molecule has 1 fully saturated rings. The minimum Gasteiger partial charge on any atom is -0.481 e. The highest BCUT2D eigenvalue weighted by Crippen LogP contribution is 2.31. The molecular weight excluding hydrogens is 363 g/mol. The fraction of sp³-hybridized carbons (Fsp3) is 0.238. The lowest BCUT2D eigenvalue weighted by Crippen LogP contribution is -2.38. The first-order valence-electron chi connectivity index (χ1n) is 8.90. The van der Waals surface area contributed by atoms with Crippen LogP contribution in [0.3, 0.4) is 0 Å². The Labute approximate surface area is 160 Å². The van der Waals surface area contributed by atoms with Crippen molar-refractivity contribution in [1.82, 2.24) is 4.98 Å². The maximum absolute atomic E-state index is 13.1. The summed E-state index contributed by atoms with van der Waals surface area (Å²) in [7, 11) is 0. The molecule has 0 spiro atoms. The number of carbonyl (C=O) groups is 1. The number of hydrogen-bond acceptors (Lipinski definition) is 4. The third-order valence-electron chi connectivity index (χ3n) is 4.89. The number of thiazole rings is 1. The number of piperidine rings is 1. The molecule has 1 saturated heterocycles. The van der Waals surface area contributed by atoms with Crippen LogP contribution < -0.4 is 4.90 Å². The molecule has 1 aliphatic heterocycles. The van der Waals surface area contributed by atoms with E-state index in [0.717, 1.165) is 46.9 Å². The quantitative estimate of drug-likeness (QED) is 0.696. The minimum absolute atomic E-state index is 0.242. The molecule has 1 atom stereocenters. The second-order valence-electron chi connectivity index (χ2n) is 6.72. The highest BCUT2D eigenvalue weighted by molar-refractivity contribution is 7.14. The van der Waals surface area contributed by atoms with Crippen LogP contribution in [0.15, 0.2) is 53.9 Å². The molecule has 0 amide bonds. The summed E-state index contributed by atoms with van der Waals surface area (Å²) in [4.78, 5) is 18.0. The zero-order valence-corrected chi connectivity index (χ0v) is 15.5. The van der Waals surface area contributed by atoms with Crippen molar-refractivity contribution in [3.05, 3.63) is 59.7 Å². The summed E-state index contributed by atoms with van der Waals surface area (Å²) in [5, 5.41) is 12.1. The first-order valence-corrected chi connectivity index (χ1v) is 9.78. The Balaban J connectivity index is 1.51. The van der Waals surface area contributed by atoms with Gasteiger partial charge in [-0.3, -0.25) is 4.79 Å². The Bertz CT molecular complexity index is 938. The van der Waals surface area contributed by atoms with Crippen LogP contribution in [0.1, 0.15) is 12.8 Å². The second kappa shape index (κ2) is 7.48. The maximum atomic E-state index is 13.1. The van der Waals surface area contributed by atoms with Gasteiger partial charge in [0.2, 0.25) is 0 Å². The standard InChI is InChI=1S/C21H19FN2O2S/c22-18-9-7-15(8-10-18)14-3-5-16(6-4-14)19-13-27-21(23-19)24-11-1-2-17(12-24)20(25)26/h3-10,13,17H,1-2,11-12H2,(H,25,26). The van der Waals surface area contributed by atoms with Crippen LogP contribution >= 0.6 is 11.3 Å². The summed E-state index contributed by atoms with van der Waals surface area (Å²) in [6, 6.07) is 14.5. The van der Waals surface area contributed by atoms with Gasteiger partial charge in [-0.05, 0) is 36.1 Å². The smallest absolute Gasteiger partial charge is 0.308 e. The highest BCUT2D eigenvalue weighted by Gasteiger charge is 2.26. The Hall–Kier alpha value is -2.73. The number of benzene rings is 2. The normalized spacial score (nSPS) is 17.1. The van der Waals surface area contributed by atoms with Crippen LogP contribution in [0.5, 0.6) is 0 Å².